The summed E-state index contributed by atoms with van der Waals surface area (Å²) in [6.45, 7) is 0. The molecule has 0 spiro atoms. The van der Waals surface area contributed by atoms with Gasteiger partial charge in [-0.1, -0.05) is 18.2 Å². The molecule has 0 saturated carbocycles. The molecule has 1 atom stereocenters. The zero-order valence-electron chi connectivity index (χ0n) is 7.32. The molecule has 0 bridgehead atoms. The largest absolute Gasteiger partial charge is 0.573 e. The van der Waals surface area contributed by atoms with Crippen LogP contribution in [-0.2, 0) is 0 Å². The summed E-state index contributed by atoms with van der Waals surface area (Å²) in [6, 6.07) is 6.35. The van der Waals surface area contributed by atoms with E-state index in [4.69, 9.17) is 10.4 Å². The van der Waals surface area contributed by atoms with Crippen LogP contribution in [0.25, 0.3) is 0 Å². The number of hydrogen-bond donors (Lipinski definition) is 1. The van der Waals surface area contributed by atoms with E-state index in [1.807, 2.05) is 0 Å². The molecule has 0 aliphatic rings. The second-order valence-corrected chi connectivity index (χ2v) is 2.62. The van der Waals surface area contributed by atoms with Crippen LogP contribution in [0.4, 0.5) is 13.2 Å². The average molecular weight is 217 g/mol. The monoisotopic (exact) mass is 217 g/mol. The summed E-state index contributed by atoms with van der Waals surface area (Å²) < 4.78 is 39.4. The number of aliphatic hydroxyl groups is 1. The number of benzene rings is 1. The first-order chi connectivity index (χ1) is 6.94. The minimum absolute atomic E-state index is 0.211. The zero-order chi connectivity index (χ0) is 11.5. The third-order valence-corrected chi connectivity index (χ3v) is 1.56. The van der Waals surface area contributed by atoms with E-state index >= 15 is 0 Å². The lowest BCUT2D eigenvalue weighted by atomic mass is 10.1. The Labute approximate surface area is 83.3 Å². The highest BCUT2D eigenvalue weighted by Crippen LogP contribution is 2.29. The van der Waals surface area contributed by atoms with Crippen LogP contribution in [-0.4, -0.2) is 11.5 Å². The fourth-order valence-electron chi connectivity index (χ4n) is 0.994. The number of para-hydroxylation sites is 1. The van der Waals surface area contributed by atoms with Crippen molar-refractivity contribution < 1.29 is 23.0 Å². The Balaban J connectivity index is 3.03. The Morgan fingerprint density at radius 1 is 1.33 bits per heavy atom. The standard InChI is InChI=1S/C9H6F3NO2/c10-9(11,12)15-8-4-2-1-3-6(8)7(14)5-13/h1-4,7,14H/t7-/m1/s1. The maximum Gasteiger partial charge on any atom is 0.573 e. The summed E-state index contributed by atoms with van der Waals surface area (Å²) in [7, 11) is 0. The molecule has 0 aliphatic heterocycles. The quantitative estimate of drug-likeness (QED) is 0.772. The molecule has 0 unspecified atom stereocenters. The number of halogens is 3. The zero-order valence-corrected chi connectivity index (χ0v) is 7.32. The molecular formula is C9H6F3NO2. The van der Waals surface area contributed by atoms with Gasteiger partial charge in [-0.05, 0) is 6.07 Å². The first-order valence-corrected chi connectivity index (χ1v) is 3.86. The number of aliphatic hydroxyl groups excluding tert-OH is 1. The molecule has 0 aromatic heterocycles. The molecular weight excluding hydrogens is 211 g/mol. The summed E-state index contributed by atoms with van der Waals surface area (Å²) in [5.41, 5.74) is -0.211. The molecule has 15 heavy (non-hydrogen) atoms. The molecule has 80 valence electrons. The minimum Gasteiger partial charge on any atom is -0.405 e. The Morgan fingerprint density at radius 3 is 2.47 bits per heavy atom. The van der Waals surface area contributed by atoms with Crippen LogP contribution in [0.15, 0.2) is 24.3 Å². The highest BCUT2D eigenvalue weighted by Gasteiger charge is 2.32. The van der Waals surface area contributed by atoms with Crippen molar-refractivity contribution in [1.29, 1.82) is 5.26 Å². The van der Waals surface area contributed by atoms with Crippen LogP contribution in [0.5, 0.6) is 5.75 Å². The molecule has 0 radical (unpaired) electrons. The highest BCUT2D eigenvalue weighted by atomic mass is 19.4. The third-order valence-electron chi connectivity index (χ3n) is 1.56. The van der Waals surface area contributed by atoms with Gasteiger partial charge in [-0.25, -0.2) is 0 Å². The topological polar surface area (TPSA) is 53.2 Å². The van der Waals surface area contributed by atoms with Crippen LogP contribution >= 0.6 is 0 Å². The number of hydrogen-bond acceptors (Lipinski definition) is 3. The van der Waals surface area contributed by atoms with Gasteiger partial charge in [0, 0.05) is 5.56 Å². The summed E-state index contributed by atoms with van der Waals surface area (Å²) in [6.07, 6.45) is -6.48. The summed E-state index contributed by atoms with van der Waals surface area (Å²) in [5, 5.41) is 17.5. The predicted octanol–water partition coefficient (Wildman–Crippen LogP) is 2.14. The van der Waals surface area contributed by atoms with E-state index in [9.17, 15) is 13.2 Å². The van der Waals surface area contributed by atoms with Gasteiger partial charge in [0.2, 0.25) is 0 Å². The van der Waals surface area contributed by atoms with Crippen LogP contribution in [0.3, 0.4) is 0 Å². The number of nitrogens with zero attached hydrogens (tertiary/aromatic N) is 1. The lowest BCUT2D eigenvalue weighted by Gasteiger charge is -2.13. The van der Waals surface area contributed by atoms with E-state index in [1.165, 1.54) is 24.3 Å². The van der Waals surface area contributed by atoms with Crippen molar-refractivity contribution >= 4 is 0 Å². The number of ether oxygens (including phenoxy) is 1. The van der Waals surface area contributed by atoms with E-state index < -0.39 is 18.2 Å². The fraction of sp³-hybridized carbons (Fsp3) is 0.222. The van der Waals surface area contributed by atoms with Crippen LogP contribution in [0, 0.1) is 11.3 Å². The second kappa shape index (κ2) is 4.19. The average Bonchev–Trinajstić information content (AvgIpc) is 2.15. The molecule has 0 heterocycles. The number of alkyl halides is 3. The summed E-state index contributed by atoms with van der Waals surface area (Å²) in [5.74, 6) is -0.570. The molecule has 6 heteroatoms. The summed E-state index contributed by atoms with van der Waals surface area (Å²) >= 11 is 0. The first-order valence-electron chi connectivity index (χ1n) is 3.86. The van der Waals surface area contributed by atoms with Crippen LogP contribution in [0.2, 0.25) is 0 Å². The fourth-order valence-corrected chi connectivity index (χ4v) is 0.994. The number of rotatable bonds is 2. The second-order valence-electron chi connectivity index (χ2n) is 2.62. The van der Waals surface area contributed by atoms with Gasteiger partial charge in [0.25, 0.3) is 0 Å². The summed E-state index contributed by atoms with van der Waals surface area (Å²) in [4.78, 5) is 0. The van der Waals surface area contributed by atoms with Gasteiger partial charge in [-0.3, -0.25) is 0 Å². The molecule has 1 rings (SSSR count). The van der Waals surface area contributed by atoms with Crippen molar-refractivity contribution in [2.45, 2.75) is 12.5 Å². The molecule has 1 aromatic carbocycles. The van der Waals surface area contributed by atoms with E-state index in [-0.39, 0.29) is 5.56 Å². The van der Waals surface area contributed by atoms with Gasteiger partial charge in [0.15, 0.2) is 6.10 Å². The molecule has 1 N–H and O–H groups in total. The molecule has 0 fully saturated rings. The van der Waals surface area contributed by atoms with Crippen molar-refractivity contribution in [2.75, 3.05) is 0 Å². The van der Waals surface area contributed by atoms with Gasteiger partial charge in [0.1, 0.15) is 5.75 Å². The maximum atomic E-state index is 11.9. The smallest absolute Gasteiger partial charge is 0.405 e. The van der Waals surface area contributed by atoms with Gasteiger partial charge < -0.3 is 9.84 Å². The van der Waals surface area contributed by atoms with Crippen LogP contribution in [0.1, 0.15) is 11.7 Å². The van der Waals surface area contributed by atoms with E-state index in [0.717, 1.165) is 6.07 Å². The van der Waals surface area contributed by atoms with E-state index in [1.54, 1.807) is 0 Å². The van der Waals surface area contributed by atoms with E-state index in [0.29, 0.717) is 0 Å². The van der Waals surface area contributed by atoms with Crippen molar-refractivity contribution in [3.63, 3.8) is 0 Å². The van der Waals surface area contributed by atoms with Crippen molar-refractivity contribution in [1.82, 2.24) is 0 Å². The molecule has 0 aliphatic carbocycles. The Morgan fingerprint density at radius 2 is 1.93 bits per heavy atom. The SMILES string of the molecule is N#C[C@@H](O)c1ccccc1OC(F)(F)F. The molecule has 1 aromatic rings. The predicted molar refractivity (Wildman–Crippen MR) is 43.7 cm³/mol. The first kappa shape index (κ1) is 11.3. The Bertz CT molecular complexity index is 384. The number of nitriles is 1. The third kappa shape index (κ3) is 3.14. The maximum absolute atomic E-state index is 11.9. The van der Waals surface area contributed by atoms with Gasteiger partial charge in [0.05, 0.1) is 6.07 Å². The molecule has 0 saturated heterocycles. The Hall–Kier alpha value is -1.74. The van der Waals surface area contributed by atoms with Crippen molar-refractivity contribution in [3.8, 4) is 11.8 Å². The lowest BCUT2D eigenvalue weighted by Crippen LogP contribution is -2.18. The highest BCUT2D eigenvalue weighted by molar-refractivity contribution is 5.37. The lowest BCUT2D eigenvalue weighted by molar-refractivity contribution is -0.275. The molecule has 0 amide bonds. The van der Waals surface area contributed by atoms with Gasteiger partial charge in [-0.15, -0.1) is 13.2 Å². The molecule has 3 nitrogen and oxygen atoms in total. The van der Waals surface area contributed by atoms with Gasteiger partial charge in [-0.2, -0.15) is 5.26 Å². The Kier molecular flexibility index (Phi) is 3.17. The normalized spacial score (nSPS) is 13.0. The van der Waals surface area contributed by atoms with E-state index in [2.05, 4.69) is 4.74 Å². The minimum atomic E-state index is -4.84. The van der Waals surface area contributed by atoms with Crippen LogP contribution < -0.4 is 4.74 Å². The van der Waals surface area contributed by atoms with Crippen molar-refractivity contribution in [3.05, 3.63) is 29.8 Å². The van der Waals surface area contributed by atoms with Gasteiger partial charge >= 0.3 is 6.36 Å². The van der Waals surface area contributed by atoms with Crippen molar-refractivity contribution in [2.24, 2.45) is 0 Å².